The Morgan fingerprint density at radius 3 is 0.833 bits per heavy atom. The monoisotopic (exact) mass is 256 g/mol. The minimum absolute atomic E-state index is 0.852. The van der Waals surface area contributed by atoms with Crippen LogP contribution in [0, 0.1) is 11.8 Å². The maximum Gasteiger partial charge on any atom is -0.0448 e. The van der Waals surface area contributed by atoms with Gasteiger partial charge in [0, 0.05) is 0 Å². The summed E-state index contributed by atoms with van der Waals surface area (Å²) in [4.78, 5) is 0. The van der Waals surface area contributed by atoms with Gasteiger partial charge < -0.3 is 0 Å². The molecule has 0 aliphatic heterocycles. The van der Waals surface area contributed by atoms with E-state index in [2.05, 4.69) is 41.5 Å². The van der Waals surface area contributed by atoms with E-state index < -0.39 is 0 Å². The Bertz CT molecular complexity index is 108. The standard InChI is InChI=1S/C12H26.C6H14/c1-3-5-7-9-11-12-10-8-6-4-2;1-5(2)6(3)4/h3-12H2,1-2H3;5-6H,1-4H3. The Labute approximate surface area is 118 Å². The Balaban J connectivity index is 0. The molecule has 0 N–H and O–H groups in total. The first-order valence-electron chi connectivity index (χ1n) is 8.56. The fourth-order valence-corrected chi connectivity index (χ4v) is 1.56. The third-order valence-corrected chi connectivity index (χ3v) is 3.79. The summed E-state index contributed by atoms with van der Waals surface area (Å²) < 4.78 is 0. The minimum Gasteiger partial charge on any atom is -0.0654 e. The predicted octanol–water partition coefficient (Wildman–Crippen LogP) is 7.23. The zero-order chi connectivity index (χ0) is 14.2. The van der Waals surface area contributed by atoms with Crippen molar-refractivity contribution in [1.82, 2.24) is 0 Å². The first-order valence-corrected chi connectivity index (χ1v) is 8.56. The van der Waals surface area contributed by atoms with Gasteiger partial charge in [0.2, 0.25) is 0 Å². The van der Waals surface area contributed by atoms with Crippen molar-refractivity contribution in [3.63, 3.8) is 0 Å². The minimum atomic E-state index is 0.852. The molecular weight excluding hydrogens is 216 g/mol. The van der Waals surface area contributed by atoms with Crippen molar-refractivity contribution in [2.24, 2.45) is 11.8 Å². The van der Waals surface area contributed by atoms with E-state index in [-0.39, 0.29) is 0 Å². The molecule has 0 nitrogen and oxygen atoms in total. The van der Waals surface area contributed by atoms with Crippen molar-refractivity contribution >= 4 is 0 Å². The first kappa shape index (κ1) is 20.3. The van der Waals surface area contributed by atoms with Crippen LogP contribution >= 0.6 is 0 Å². The maximum atomic E-state index is 2.28. The Morgan fingerprint density at radius 1 is 0.444 bits per heavy atom. The van der Waals surface area contributed by atoms with Crippen molar-refractivity contribution in [1.29, 1.82) is 0 Å². The van der Waals surface area contributed by atoms with Gasteiger partial charge in [0.15, 0.2) is 0 Å². The van der Waals surface area contributed by atoms with Gasteiger partial charge in [0.1, 0.15) is 0 Å². The van der Waals surface area contributed by atoms with Crippen molar-refractivity contribution in [3.8, 4) is 0 Å². The lowest BCUT2D eigenvalue weighted by atomic mass is 10.0. The van der Waals surface area contributed by atoms with Crippen LogP contribution in [0.5, 0.6) is 0 Å². The molecule has 0 aliphatic rings. The zero-order valence-electron chi connectivity index (χ0n) is 14.2. The van der Waals surface area contributed by atoms with E-state index in [9.17, 15) is 0 Å². The molecule has 0 heterocycles. The van der Waals surface area contributed by atoms with Crippen LogP contribution in [0.2, 0.25) is 0 Å². The van der Waals surface area contributed by atoms with Crippen molar-refractivity contribution in [2.75, 3.05) is 0 Å². The topological polar surface area (TPSA) is 0 Å². The molecule has 0 heteroatoms. The van der Waals surface area contributed by atoms with Crippen LogP contribution in [0.4, 0.5) is 0 Å². The zero-order valence-corrected chi connectivity index (χ0v) is 14.2. The molecular formula is C18H40. The Hall–Kier alpha value is 0. The highest BCUT2D eigenvalue weighted by Gasteiger charge is 1.95. The molecule has 0 aliphatic carbocycles. The van der Waals surface area contributed by atoms with Crippen LogP contribution in [0.15, 0.2) is 0 Å². The smallest absolute Gasteiger partial charge is 0.0448 e. The van der Waals surface area contributed by atoms with Crippen LogP contribution < -0.4 is 0 Å². The van der Waals surface area contributed by atoms with Crippen LogP contribution in [0.3, 0.4) is 0 Å². The van der Waals surface area contributed by atoms with Gasteiger partial charge in [0.05, 0.1) is 0 Å². The van der Waals surface area contributed by atoms with Gasteiger partial charge in [-0.3, -0.25) is 0 Å². The van der Waals surface area contributed by atoms with Crippen molar-refractivity contribution in [2.45, 2.75) is 106 Å². The van der Waals surface area contributed by atoms with E-state index in [1.807, 2.05) is 0 Å². The molecule has 0 aromatic rings. The predicted molar refractivity (Wildman–Crippen MR) is 87.2 cm³/mol. The Kier molecular flexibility index (Phi) is 19.2. The summed E-state index contributed by atoms with van der Waals surface area (Å²) in [5.41, 5.74) is 0. The second-order valence-corrected chi connectivity index (χ2v) is 6.32. The lowest BCUT2D eigenvalue weighted by molar-refractivity contribution is 0.457. The van der Waals surface area contributed by atoms with Gasteiger partial charge in [-0.1, -0.05) is 106 Å². The summed E-state index contributed by atoms with van der Waals surface area (Å²) in [5.74, 6) is 1.70. The summed E-state index contributed by atoms with van der Waals surface area (Å²) in [5, 5.41) is 0. The molecule has 0 amide bonds. The highest BCUT2D eigenvalue weighted by molar-refractivity contribution is 4.46. The largest absolute Gasteiger partial charge is 0.0654 e. The normalized spacial score (nSPS) is 10.7. The number of rotatable bonds is 10. The summed E-state index contributed by atoms with van der Waals surface area (Å²) in [7, 11) is 0. The van der Waals surface area contributed by atoms with Crippen LogP contribution in [-0.2, 0) is 0 Å². The highest BCUT2D eigenvalue weighted by Crippen LogP contribution is 2.09. The third kappa shape index (κ3) is 21.3. The average molecular weight is 257 g/mol. The molecule has 0 rings (SSSR count). The molecule has 0 saturated heterocycles. The van der Waals surface area contributed by atoms with Gasteiger partial charge in [-0.25, -0.2) is 0 Å². The van der Waals surface area contributed by atoms with E-state index in [0.29, 0.717) is 0 Å². The molecule has 0 spiro atoms. The molecule has 0 radical (unpaired) electrons. The van der Waals surface area contributed by atoms with E-state index in [0.717, 1.165) is 11.8 Å². The van der Waals surface area contributed by atoms with Crippen molar-refractivity contribution in [3.05, 3.63) is 0 Å². The van der Waals surface area contributed by atoms with Crippen LogP contribution in [0.1, 0.15) is 106 Å². The number of hydrogen-bond acceptors (Lipinski definition) is 0. The quantitative estimate of drug-likeness (QED) is 0.362. The second-order valence-electron chi connectivity index (χ2n) is 6.32. The van der Waals surface area contributed by atoms with E-state index in [1.165, 1.54) is 64.2 Å². The molecule has 18 heavy (non-hydrogen) atoms. The molecule has 0 fully saturated rings. The molecule has 0 saturated carbocycles. The lowest BCUT2D eigenvalue weighted by Gasteiger charge is -2.05. The fourth-order valence-electron chi connectivity index (χ4n) is 1.56. The van der Waals surface area contributed by atoms with E-state index in [1.54, 1.807) is 0 Å². The molecule has 0 bridgehead atoms. The number of hydrogen-bond donors (Lipinski definition) is 0. The summed E-state index contributed by atoms with van der Waals surface area (Å²) in [6, 6.07) is 0. The van der Waals surface area contributed by atoms with Crippen molar-refractivity contribution < 1.29 is 0 Å². The van der Waals surface area contributed by atoms with Gasteiger partial charge in [-0.05, 0) is 11.8 Å². The molecule has 112 valence electrons. The fraction of sp³-hybridized carbons (Fsp3) is 1.00. The third-order valence-electron chi connectivity index (χ3n) is 3.79. The van der Waals surface area contributed by atoms with Gasteiger partial charge >= 0.3 is 0 Å². The molecule has 0 unspecified atom stereocenters. The van der Waals surface area contributed by atoms with Gasteiger partial charge in [0.25, 0.3) is 0 Å². The maximum absolute atomic E-state index is 2.28. The van der Waals surface area contributed by atoms with E-state index >= 15 is 0 Å². The summed E-state index contributed by atoms with van der Waals surface area (Å²) >= 11 is 0. The lowest BCUT2D eigenvalue weighted by Crippen LogP contribution is -1.95. The molecule has 0 atom stereocenters. The molecule has 0 aromatic heterocycles. The number of unbranched alkanes of at least 4 members (excludes halogenated alkanes) is 9. The summed E-state index contributed by atoms with van der Waals surface area (Å²) in [6.45, 7) is 13.5. The average Bonchev–Trinajstić information content (AvgIpc) is 2.33. The summed E-state index contributed by atoms with van der Waals surface area (Å²) in [6.07, 6.45) is 14.4. The first-order chi connectivity index (χ1) is 8.56. The van der Waals surface area contributed by atoms with E-state index in [4.69, 9.17) is 0 Å². The van der Waals surface area contributed by atoms with Crippen LogP contribution in [-0.4, -0.2) is 0 Å². The second kappa shape index (κ2) is 17.0. The molecule has 0 aromatic carbocycles. The Morgan fingerprint density at radius 2 is 0.667 bits per heavy atom. The van der Waals surface area contributed by atoms with Crippen LogP contribution in [0.25, 0.3) is 0 Å². The SMILES string of the molecule is CC(C)C(C)C.CCCCCCCCCCCC. The van der Waals surface area contributed by atoms with Gasteiger partial charge in [-0.15, -0.1) is 0 Å². The van der Waals surface area contributed by atoms with Gasteiger partial charge in [-0.2, -0.15) is 0 Å². The highest BCUT2D eigenvalue weighted by atomic mass is 14.0.